The number of nitrogens with one attached hydrogen (secondary N) is 2. The van der Waals surface area contributed by atoms with Crippen LogP contribution in [0, 0.1) is 0 Å². The summed E-state index contributed by atoms with van der Waals surface area (Å²) in [6, 6.07) is 15.4. The Morgan fingerprint density at radius 2 is 1.75 bits per heavy atom. The molecule has 0 saturated heterocycles. The molecule has 0 saturated carbocycles. The molecule has 0 fully saturated rings. The van der Waals surface area contributed by atoms with Crippen LogP contribution in [0.4, 0.5) is 5.82 Å². The van der Waals surface area contributed by atoms with Crippen molar-refractivity contribution in [3.05, 3.63) is 71.4 Å². The predicted molar refractivity (Wildman–Crippen MR) is 102 cm³/mol. The summed E-state index contributed by atoms with van der Waals surface area (Å²) in [6.07, 6.45) is 0.615. The molecule has 5 N–H and O–H groups in total. The lowest BCUT2D eigenvalue weighted by Crippen LogP contribution is -2.29. The Bertz CT molecular complexity index is 969. The van der Waals surface area contributed by atoms with Crippen LogP contribution in [0.5, 0.6) is 0 Å². The van der Waals surface area contributed by atoms with Gasteiger partial charge in [0.15, 0.2) is 11.5 Å². The molecule has 1 aromatic heterocycles. The molecule has 1 atom stereocenters. The highest BCUT2D eigenvalue weighted by atomic mass is 16.5. The number of hydroxylamine groups is 1. The Hall–Kier alpha value is -3.72. The first kappa shape index (κ1) is 19.1. The van der Waals surface area contributed by atoms with Crippen LogP contribution >= 0.6 is 0 Å². The highest BCUT2D eigenvalue weighted by molar-refractivity contribution is 5.96. The average molecular weight is 380 g/mol. The van der Waals surface area contributed by atoms with E-state index in [9.17, 15) is 9.59 Å². The van der Waals surface area contributed by atoms with E-state index in [-0.39, 0.29) is 17.6 Å². The number of hydrogen-bond acceptors (Lipinski definition) is 6. The third-order valence-electron chi connectivity index (χ3n) is 4.23. The van der Waals surface area contributed by atoms with Crippen molar-refractivity contribution < 1.29 is 14.8 Å². The summed E-state index contributed by atoms with van der Waals surface area (Å²) in [5.41, 5.74) is 9.31. The maximum absolute atomic E-state index is 12.7. The first-order valence-corrected chi connectivity index (χ1v) is 8.67. The summed E-state index contributed by atoms with van der Waals surface area (Å²) >= 11 is 0. The smallest absolute Gasteiger partial charge is 0.276 e. The zero-order valence-electron chi connectivity index (χ0n) is 15.2. The van der Waals surface area contributed by atoms with E-state index in [0.29, 0.717) is 17.7 Å². The molecule has 1 heterocycles. The molecule has 9 heteroatoms. The minimum absolute atomic E-state index is 0.0335. The predicted octanol–water partition coefficient (Wildman–Crippen LogP) is 1.85. The molecule has 0 aliphatic heterocycles. The van der Waals surface area contributed by atoms with Crippen LogP contribution < -0.4 is 16.5 Å². The Kier molecular flexibility index (Phi) is 5.66. The second-order valence-corrected chi connectivity index (χ2v) is 6.06. The van der Waals surface area contributed by atoms with E-state index in [4.69, 9.17) is 10.9 Å². The van der Waals surface area contributed by atoms with Gasteiger partial charge in [-0.1, -0.05) is 37.3 Å². The fourth-order valence-electron chi connectivity index (χ4n) is 2.74. The maximum Gasteiger partial charge on any atom is 0.276 e. The fraction of sp³-hybridized carbons (Fsp3) is 0.158. The molecule has 144 valence electrons. The van der Waals surface area contributed by atoms with Crippen molar-refractivity contribution in [1.29, 1.82) is 0 Å². The standard InChI is InChI=1S/C19H20N6O3/c1-2-15(12-8-10-13(11-9-12)18(26)24-28)21-19(27)16-17(20)23-25(22-16)14-6-4-3-5-7-14/h3-11,15,28H,2H2,1H3,(H2,20,23)(H,21,27)(H,24,26)/t15-/m1/s1. The first-order chi connectivity index (χ1) is 13.5. The summed E-state index contributed by atoms with van der Waals surface area (Å²) in [5.74, 6) is -1.01. The van der Waals surface area contributed by atoms with Gasteiger partial charge in [-0.3, -0.25) is 14.8 Å². The van der Waals surface area contributed by atoms with E-state index in [2.05, 4.69) is 15.5 Å². The quantitative estimate of drug-likeness (QED) is 0.381. The van der Waals surface area contributed by atoms with Crippen molar-refractivity contribution in [3.63, 3.8) is 0 Å². The Labute approximate surface area is 161 Å². The molecule has 2 amide bonds. The highest BCUT2D eigenvalue weighted by Crippen LogP contribution is 2.19. The minimum Gasteiger partial charge on any atom is -0.380 e. The maximum atomic E-state index is 12.7. The van der Waals surface area contributed by atoms with E-state index in [0.717, 1.165) is 5.56 Å². The number of para-hydroxylation sites is 1. The number of nitrogens with zero attached hydrogens (tertiary/aromatic N) is 3. The molecule has 0 aliphatic carbocycles. The lowest BCUT2D eigenvalue weighted by Gasteiger charge is -2.17. The molecule has 0 aliphatic rings. The molecule has 3 rings (SSSR count). The van der Waals surface area contributed by atoms with E-state index in [1.54, 1.807) is 41.9 Å². The SMILES string of the molecule is CC[C@@H](NC(=O)c1nn(-c2ccccc2)nc1N)c1ccc(C(=O)NO)cc1. The van der Waals surface area contributed by atoms with E-state index in [1.165, 1.54) is 4.80 Å². The Morgan fingerprint density at radius 3 is 2.36 bits per heavy atom. The van der Waals surface area contributed by atoms with Crippen molar-refractivity contribution in [2.75, 3.05) is 5.73 Å². The van der Waals surface area contributed by atoms with E-state index in [1.807, 2.05) is 25.1 Å². The van der Waals surface area contributed by atoms with Gasteiger partial charge in [0.05, 0.1) is 11.7 Å². The van der Waals surface area contributed by atoms with Crippen LogP contribution in [0.15, 0.2) is 54.6 Å². The molecule has 0 radical (unpaired) electrons. The van der Waals surface area contributed by atoms with Gasteiger partial charge in [0.25, 0.3) is 11.8 Å². The van der Waals surface area contributed by atoms with E-state index < -0.39 is 11.8 Å². The van der Waals surface area contributed by atoms with Gasteiger partial charge in [-0.15, -0.1) is 15.0 Å². The van der Waals surface area contributed by atoms with Gasteiger partial charge in [0, 0.05) is 5.56 Å². The van der Waals surface area contributed by atoms with Gasteiger partial charge in [-0.25, -0.2) is 5.48 Å². The number of anilines is 1. The summed E-state index contributed by atoms with van der Waals surface area (Å²) in [4.78, 5) is 25.4. The zero-order valence-corrected chi connectivity index (χ0v) is 15.2. The number of nitrogen functional groups attached to an aromatic ring is 1. The second-order valence-electron chi connectivity index (χ2n) is 6.06. The molecule has 3 aromatic rings. The van der Waals surface area contributed by atoms with Gasteiger partial charge in [-0.2, -0.15) is 0 Å². The van der Waals surface area contributed by atoms with Crippen molar-refractivity contribution in [3.8, 4) is 5.69 Å². The van der Waals surface area contributed by atoms with Crippen LogP contribution in [0.3, 0.4) is 0 Å². The number of aromatic nitrogens is 3. The lowest BCUT2D eigenvalue weighted by molar-refractivity contribution is 0.0706. The zero-order chi connectivity index (χ0) is 20.1. The Morgan fingerprint density at radius 1 is 1.07 bits per heavy atom. The fourth-order valence-corrected chi connectivity index (χ4v) is 2.74. The van der Waals surface area contributed by atoms with Crippen LogP contribution in [0.1, 0.15) is 45.8 Å². The van der Waals surface area contributed by atoms with Crippen molar-refractivity contribution in [1.82, 2.24) is 25.8 Å². The summed E-state index contributed by atoms with van der Waals surface area (Å²) in [5, 5.41) is 19.9. The van der Waals surface area contributed by atoms with Crippen LogP contribution in [-0.2, 0) is 0 Å². The minimum atomic E-state index is -0.603. The van der Waals surface area contributed by atoms with Gasteiger partial charge in [0.1, 0.15) is 0 Å². The molecule has 9 nitrogen and oxygen atoms in total. The largest absolute Gasteiger partial charge is 0.380 e. The number of benzene rings is 2. The van der Waals surface area contributed by atoms with Gasteiger partial charge in [0.2, 0.25) is 0 Å². The molecule has 0 spiro atoms. The molecule has 28 heavy (non-hydrogen) atoms. The average Bonchev–Trinajstić information content (AvgIpc) is 3.14. The van der Waals surface area contributed by atoms with Crippen molar-refractivity contribution in [2.24, 2.45) is 0 Å². The summed E-state index contributed by atoms with van der Waals surface area (Å²) in [6.45, 7) is 1.92. The topological polar surface area (TPSA) is 135 Å². The molecule has 0 unspecified atom stereocenters. The monoisotopic (exact) mass is 380 g/mol. The number of rotatable bonds is 6. The number of hydrogen-bond donors (Lipinski definition) is 4. The molecular formula is C19H20N6O3. The lowest BCUT2D eigenvalue weighted by atomic mass is 10.0. The second kappa shape index (κ2) is 8.31. The first-order valence-electron chi connectivity index (χ1n) is 8.67. The number of nitrogens with two attached hydrogens (primary N) is 1. The third-order valence-corrected chi connectivity index (χ3v) is 4.23. The molecule has 0 bridgehead atoms. The summed E-state index contributed by atoms with van der Waals surface area (Å²) in [7, 11) is 0. The normalized spacial score (nSPS) is 11.6. The van der Waals surface area contributed by atoms with Crippen molar-refractivity contribution in [2.45, 2.75) is 19.4 Å². The van der Waals surface area contributed by atoms with E-state index >= 15 is 0 Å². The van der Waals surface area contributed by atoms with Gasteiger partial charge in [-0.05, 0) is 36.2 Å². The van der Waals surface area contributed by atoms with Gasteiger partial charge < -0.3 is 11.1 Å². The third kappa shape index (κ3) is 3.99. The molecule has 2 aromatic carbocycles. The van der Waals surface area contributed by atoms with Crippen LogP contribution in [0.25, 0.3) is 5.69 Å². The molecular weight excluding hydrogens is 360 g/mol. The van der Waals surface area contributed by atoms with Crippen LogP contribution in [0.2, 0.25) is 0 Å². The summed E-state index contributed by atoms with van der Waals surface area (Å²) < 4.78 is 0. The Balaban J connectivity index is 1.77. The number of amides is 2. The van der Waals surface area contributed by atoms with Crippen LogP contribution in [-0.4, -0.2) is 32.0 Å². The van der Waals surface area contributed by atoms with Gasteiger partial charge >= 0.3 is 0 Å². The van der Waals surface area contributed by atoms with Crippen molar-refractivity contribution >= 4 is 17.6 Å². The highest BCUT2D eigenvalue weighted by Gasteiger charge is 2.21. The number of carbonyl (C=O) groups excluding carboxylic acids is 2. The number of carbonyl (C=O) groups is 2.